The first-order valence-electron chi connectivity index (χ1n) is 10.0. The Balaban J connectivity index is 1.84. The normalized spacial score (nSPS) is 14.9. The van der Waals surface area contributed by atoms with Crippen LogP contribution in [0, 0.1) is 5.82 Å². The summed E-state index contributed by atoms with van der Waals surface area (Å²) in [4.78, 5) is 41.2. The van der Waals surface area contributed by atoms with E-state index in [9.17, 15) is 18.8 Å². The van der Waals surface area contributed by atoms with Gasteiger partial charge in [0.15, 0.2) is 6.54 Å². The molecule has 30 heavy (non-hydrogen) atoms. The van der Waals surface area contributed by atoms with Crippen LogP contribution in [0.15, 0.2) is 18.2 Å². The van der Waals surface area contributed by atoms with Gasteiger partial charge in [0.2, 0.25) is 5.91 Å². The Kier molecular flexibility index (Phi) is 7.77. The smallest absolute Gasteiger partial charge is 0.275 e. The van der Waals surface area contributed by atoms with E-state index < -0.39 is 11.7 Å². The van der Waals surface area contributed by atoms with Crippen molar-refractivity contribution >= 4 is 17.7 Å². The summed E-state index contributed by atoms with van der Waals surface area (Å²) >= 11 is 0. The van der Waals surface area contributed by atoms with Crippen molar-refractivity contribution in [1.29, 1.82) is 0 Å². The standard InChI is InChI=1S/C21H31FN4O4/c1-21(2,3)23-18(27)13-25-8-10-26(11-9-25)19(28)14-24(4)20(29)16-7-6-15(30-5)12-17(16)22/h6-7,12H,8-11,13-14H2,1-5H3,(H,23,27)/p+1. The fourth-order valence-electron chi connectivity index (χ4n) is 3.32. The van der Waals surface area contributed by atoms with Gasteiger partial charge in [-0.2, -0.15) is 0 Å². The Morgan fingerprint density at radius 3 is 2.40 bits per heavy atom. The predicted molar refractivity (Wildman–Crippen MR) is 110 cm³/mol. The molecule has 1 aliphatic rings. The number of carbonyl (C=O) groups excluding carboxylic acids is 3. The molecule has 1 aromatic carbocycles. The quantitative estimate of drug-likeness (QED) is 0.649. The molecule has 1 aliphatic heterocycles. The van der Waals surface area contributed by atoms with Crippen LogP contribution in [-0.2, 0) is 9.59 Å². The molecule has 1 aromatic rings. The number of methoxy groups -OCH3 is 1. The minimum atomic E-state index is -0.690. The van der Waals surface area contributed by atoms with Crippen LogP contribution in [0.4, 0.5) is 4.39 Å². The third-order valence-corrected chi connectivity index (χ3v) is 4.87. The number of quaternary nitrogens is 1. The summed E-state index contributed by atoms with van der Waals surface area (Å²) < 4.78 is 19.1. The van der Waals surface area contributed by atoms with Gasteiger partial charge in [-0.05, 0) is 32.9 Å². The monoisotopic (exact) mass is 423 g/mol. The summed E-state index contributed by atoms with van der Waals surface area (Å²) in [5.74, 6) is -1.14. The number of hydrogen-bond donors (Lipinski definition) is 2. The third kappa shape index (κ3) is 6.69. The van der Waals surface area contributed by atoms with E-state index in [4.69, 9.17) is 4.74 Å². The lowest BCUT2D eigenvalue weighted by Gasteiger charge is -2.33. The van der Waals surface area contributed by atoms with E-state index >= 15 is 0 Å². The van der Waals surface area contributed by atoms with Gasteiger partial charge in [-0.25, -0.2) is 4.39 Å². The van der Waals surface area contributed by atoms with Crippen molar-refractivity contribution in [1.82, 2.24) is 15.1 Å². The second kappa shape index (κ2) is 9.88. The maximum Gasteiger partial charge on any atom is 0.275 e. The van der Waals surface area contributed by atoms with Gasteiger partial charge in [0.1, 0.15) is 11.6 Å². The number of halogens is 1. The van der Waals surface area contributed by atoms with Crippen LogP contribution in [-0.4, -0.2) is 86.5 Å². The predicted octanol–water partition coefficient (Wildman–Crippen LogP) is -0.452. The average Bonchev–Trinajstić information content (AvgIpc) is 2.66. The minimum absolute atomic E-state index is 0.0101. The van der Waals surface area contributed by atoms with Crippen LogP contribution in [0.1, 0.15) is 31.1 Å². The van der Waals surface area contributed by atoms with Gasteiger partial charge in [0.25, 0.3) is 11.8 Å². The van der Waals surface area contributed by atoms with Crippen molar-refractivity contribution < 1.29 is 28.4 Å². The van der Waals surface area contributed by atoms with Crippen molar-refractivity contribution in [2.24, 2.45) is 0 Å². The highest BCUT2D eigenvalue weighted by atomic mass is 19.1. The molecule has 0 bridgehead atoms. The van der Waals surface area contributed by atoms with Crippen LogP contribution in [0.3, 0.4) is 0 Å². The number of benzene rings is 1. The molecule has 3 amide bonds. The Bertz CT molecular complexity index is 786. The highest BCUT2D eigenvalue weighted by Crippen LogP contribution is 2.17. The highest BCUT2D eigenvalue weighted by molar-refractivity contribution is 5.96. The van der Waals surface area contributed by atoms with Crippen LogP contribution in [0.25, 0.3) is 0 Å². The number of nitrogens with zero attached hydrogens (tertiary/aromatic N) is 2. The van der Waals surface area contributed by atoms with Gasteiger partial charge in [0.05, 0.1) is 45.4 Å². The number of rotatable bonds is 6. The fraction of sp³-hybridized carbons (Fsp3) is 0.571. The molecule has 0 atom stereocenters. The van der Waals surface area contributed by atoms with Crippen molar-refractivity contribution in [2.75, 3.05) is 53.4 Å². The maximum absolute atomic E-state index is 14.1. The van der Waals surface area contributed by atoms with Crippen LogP contribution < -0.4 is 15.0 Å². The van der Waals surface area contributed by atoms with E-state index in [1.807, 2.05) is 20.8 Å². The van der Waals surface area contributed by atoms with Crippen molar-refractivity contribution in [3.63, 3.8) is 0 Å². The molecular weight excluding hydrogens is 391 g/mol. The second-order valence-electron chi connectivity index (χ2n) is 8.61. The van der Waals surface area contributed by atoms with Crippen molar-refractivity contribution in [3.05, 3.63) is 29.6 Å². The first kappa shape index (κ1) is 23.6. The molecule has 1 heterocycles. The Labute approximate surface area is 176 Å². The Morgan fingerprint density at radius 1 is 1.23 bits per heavy atom. The molecular formula is C21H32FN4O4+. The van der Waals surface area contributed by atoms with Gasteiger partial charge >= 0.3 is 0 Å². The molecule has 8 nitrogen and oxygen atoms in total. The minimum Gasteiger partial charge on any atom is -0.497 e. The summed E-state index contributed by atoms with van der Waals surface area (Å²) in [5, 5.41) is 2.94. The van der Waals surface area contributed by atoms with Gasteiger partial charge in [-0.15, -0.1) is 0 Å². The molecule has 0 aliphatic carbocycles. The summed E-state index contributed by atoms with van der Waals surface area (Å²) in [6, 6.07) is 3.99. The molecule has 1 saturated heterocycles. The largest absolute Gasteiger partial charge is 0.497 e. The summed E-state index contributed by atoms with van der Waals surface area (Å²) in [5.41, 5.74) is -0.375. The number of likely N-dealkylation sites (N-methyl/N-ethyl adjacent to an activating group) is 1. The number of amides is 3. The van der Waals surface area contributed by atoms with E-state index in [2.05, 4.69) is 5.32 Å². The van der Waals surface area contributed by atoms with Crippen LogP contribution in [0.2, 0.25) is 0 Å². The van der Waals surface area contributed by atoms with E-state index in [0.717, 1.165) is 11.0 Å². The van der Waals surface area contributed by atoms with Gasteiger partial charge < -0.3 is 24.8 Å². The zero-order chi connectivity index (χ0) is 22.5. The van der Waals surface area contributed by atoms with E-state index in [-0.39, 0.29) is 29.5 Å². The Hall–Kier alpha value is -2.68. The lowest BCUT2D eigenvalue weighted by atomic mass is 10.1. The zero-order valence-corrected chi connectivity index (χ0v) is 18.4. The Morgan fingerprint density at radius 2 is 1.87 bits per heavy atom. The van der Waals surface area contributed by atoms with Crippen LogP contribution in [0.5, 0.6) is 5.75 Å². The zero-order valence-electron chi connectivity index (χ0n) is 18.4. The van der Waals surface area contributed by atoms with E-state index in [0.29, 0.717) is 38.5 Å². The van der Waals surface area contributed by atoms with Crippen LogP contribution >= 0.6 is 0 Å². The summed E-state index contributed by atoms with van der Waals surface area (Å²) in [6.45, 7) is 8.39. The number of ether oxygens (including phenoxy) is 1. The molecule has 0 unspecified atom stereocenters. The van der Waals surface area contributed by atoms with Gasteiger partial charge in [-0.1, -0.05) is 0 Å². The molecule has 0 aromatic heterocycles. The number of carbonyl (C=O) groups is 3. The van der Waals surface area contributed by atoms with Crippen molar-refractivity contribution in [2.45, 2.75) is 26.3 Å². The first-order valence-corrected chi connectivity index (χ1v) is 10.0. The third-order valence-electron chi connectivity index (χ3n) is 4.87. The lowest BCUT2D eigenvalue weighted by molar-refractivity contribution is -0.896. The lowest BCUT2D eigenvalue weighted by Crippen LogP contribution is -3.16. The average molecular weight is 424 g/mol. The molecule has 0 radical (unpaired) electrons. The summed E-state index contributed by atoms with van der Waals surface area (Å²) in [6.07, 6.45) is 0. The SMILES string of the molecule is COc1ccc(C(=O)N(C)CC(=O)N2CC[NH+](CC(=O)NC(C)(C)C)CC2)c(F)c1. The van der Waals surface area contributed by atoms with E-state index in [1.165, 1.54) is 31.2 Å². The van der Waals surface area contributed by atoms with E-state index in [1.54, 1.807) is 4.90 Å². The number of nitrogens with one attached hydrogen (secondary N) is 2. The molecule has 166 valence electrons. The highest BCUT2D eigenvalue weighted by Gasteiger charge is 2.28. The van der Waals surface area contributed by atoms with Gasteiger partial charge in [-0.3, -0.25) is 14.4 Å². The first-order chi connectivity index (χ1) is 14.0. The molecule has 2 N–H and O–H groups in total. The van der Waals surface area contributed by atoms with Crippen molar-refractivity contribution in [3.8, 4) is 5.75 Å². The summed E-state index contributed by atoms with van der Waals surface area (Å²) in [7, 11) is 2.89. The second-order valence-corrected chi connectivity index (χ2v) is 8.61. The maximum atomic E-state index is 14.1. The molecule has 2 rings (SSSR count). The molecule has 1 fully saturated rings. The fourth-order valence-corrected chi connectivity index (χ4v) is 3.32. The number of piperazine rings is 1. The topological polar surface area (TPSA) is 83.4 Å². The molecule has 9 heteroatoms. The molecule has 0 saturated carbocycles. The van der Waals surface area contributed by atoms with Gasteiger partial charge in [0, 0.05) is 18.7 Å². The molecule has 0 spiro atoms. The number of hydrogen-bond acceptors (Lipinski definition) is 4.